The van der Waals surface area contributed by atoms with Gasteiger partial charge in [0.1, 0.15) is 5.78 Å². The number of hydrogen-bond donors (Lipinski definition) is 0. The Morgan fingerprint density at radius 1 is 1.18 bits per heavy atom. The van der Waals surface area contributed by atoms with Gasteiger partial charge in [0.25, 0.3) is 0 Å². The molecule has 0 aromatic heterocycles. The predicted molar refractivity (Wildman–Crippen MR) is 86.7 cm³/mol. The maximum Gasteiger partial charge on any atom is 0.330 e. The number of Topliss-reactive ketones (excluding diaryl/α,β-unsaturated/α-hetero) is 1. The van der Waals surface area contributed by atoms with E-state index in [1.54, 1.807) is 6.08 Å². The minimum Gasteiger partial charge on any atom is -0.466 e. The summed E-state index contributed by atoms with van der Waals surface area (Å²) >= 11 is 0. The maximum atomic E-state index is 12.1. The molecule has 0 saturated carbocycles. The van der Waals surface area contributed by atoms with Crippen molar-refractivity contribution < 1.29 is 19.1 Å². The van der Waals surface area contributed by atoms with Crippen LogP contribution in [0.4, 0.5) is 0 Å². The number of ether oxygens (including phenoxy) is 2. The molecule has 22 heavy (non-hydrogen) atoms. The summed E-state index contributed by atoms with van der Waals surface area (Å²) in [4.78, 5) is 23.5. The predicted octanol–water partition coefficient (Wildman–Crippen LogP) is 3.97. The van der Waals surface area contributed by atoms with E-state index in [9.17, 15) is 9.59 Å². The largest absolute Gasteiger partial charge is 0.466 e. The van der Waals surface area contributed by atoms with Crippen LogP contribution in [0.2, 0.25) is 0 Å². The van der Waals surface area contributed by atoms with Crippen molar-refractivity contribution in [1.82, 2.24) is 0 Å². The Kier molecular flexibility index (Phi) is 9.05. The molecule has 126 valence electrons. The molecule has 0 spiro atoms. The van der Waals surface area contributed by atoms with Crippen LogP contribution in [0.25, 0.3) is 0 Å². The first-order chi connectivity index (χ1) is 10.6. The molecule has 0 unspecified atom stereocenters. The van der Waals surface area contributed by atoms with Crippen LogP contribution in [0.5, 0.6) is 0 Å². The van der Waals surface area contributed by atoms with E-state index >= 15 is 0 Å². The fourth-order valence-electron chi connectivity index (χ4n) is 2.85. The first-order valence-corrected chi connectivity index (χ1v) is 8.53. The molecular weight excluding hydrogens is 280 g/mol. The zero-order valence-electron chi connectivity index (χ0n) is 14.2. The SMILES string of the molecule is CCCCCCC(=O)C[C@@H]1C/C(=C\C(=O)OC)C[C@H](CC)O1. The van der Waals surface area contributed by atoms with Gasteiger partial charge < -0.3 is 9.47 Å². The van der Waals surface area contributed by atoms with Gasteiger partial charge in [-0.15, -0.1) is 0 Å². The third-order valence-electron chi connectivity index (χ3n) is 4.11. The normalized spacial score (nSPS) is 23.5. The highest BCUT2D eigenvalue weighted by molar-refractivity contribution is 5.83. The van der Waals surface area contributed by atoms with Crippen molar-refractivity contribution in [2.45, 2.75) is 83.8 Å². The number of carbonyl (C=O) groups excluding carboxylic acids is 2. The summed E-state index contributed by atoms with van der Waals surface area (Å²) in [5, 5.41) is 0. The molecule has 0 amide bonds. The van der Waals surface area contributed by atoms with E-state index in [2.05, 4.69) is 13.8 Å². The minimum absolute atomic E-state index is 0.0896. The molecule has 0 aromatic rings. The standard InChI is InChI=1S/C18H30O4/c1-4-6-7-8-9-15(19)13-17-11-14(12-18(20)21-3)10-16(5-2)22-17/h12,16-17H,4-11,13H2,1-3H3/b14-12-/t16-,17-/m0/s1. The lowest BCUT2D eigenvalue weighted by Crippen LogP contribution is -2.30. The molecule has 1 fully saturated rings. The molecule has 0 aliphatic carbocycles. The monoisotopic (exact) mass is 310 g/mol. The number of rotatable bonds is 9. The topological polar surface area (TPSA) is 52.6 Å². The Bertz CT molecular complexity index is 387. The highest BCUT2D eigenvalue weighted by Crippen LogP contribution is 2.28. The molecule has 1 saturated heterocycles. The van der Waals surface area contributed by atoms with Gasteiger partial charge in [0.2, 0.25) is 0 Å². The third kappa shape index (κ3) is 7.21. The van der Waals surface area contributed by atoms with Crippen LogP contribution in [0.15, 0.2) is 11.6 Å². The Balaban J connectivity index is 2.48. The number of ketones is 1. The van der Waals surface area contributed by atoms with E-state index in [1.807, 2.05) is 0 Å². The Labute approximate surface area is 134 Å². The second-order valence-corrected chi connectivity index (χ2v) is 6.08. The van der Waals surface area contributed by atoms with Crippen LogP contribution < -0.4 is 0 Å². The van der Waals surface area contributed by atoms with Crippen molar-refractivity contribution in [3.8, 4) is 0 Å². The molecule has 0 N–H and O–H groups in total. The molecule has 1 aliphatic rings. The van der Waals surface area contributed by atoms with Crippen molar-refractivity contribution in [1.29, 1.82) is 0 Å². The van der Waals surface area contributed by atoms with Gasteiger partial charge in [0.05, 0.1) is 19.3 Å². The summed E-state index contributed by atoms with van der Waals surface area (Å²) in [5.41, 5.74) is 1.04. The van der Waals surface area contributed by atoms with Gasteiger partial charge in [-0.25, -0.2) is 4.79 Å². The summed E-state index contributed by atoms with van der Waals surface area (Å²) in [6.07, 6.45) is 9.45. The first-order valence-electron chi connectivity index (χ1n) is 8.53. The van der Waals surface area contributed by atoms with Gasteiger partial charge in [0, 0.05) is 18.9 Å². The Hall–Kier alpha value is -1.16. The highest BCUT2D eigenvalue weighted by atomic mass is 16.5. The molecule has 2 atom stereocenters. The van der Waals surface area contributed by atoms with Crippen molar-refractivity contribution in [2.24, 2.45) is 0 Å². The lowest BCUT2D eigenvalue weighted by atomic mass is 9.93. The van der Waals surface area contributed by atoms with Crippen LogP contribution in [0.3, 0.4) is 0 Å². The summed E-state index contributed by atoms with van der Waals surface area (Å²) in [7, 11) is 1.38. The molecule has 0 bridgehead atoms. The van der Waals surface area contributed by atoms with E-state index in [0.717, 1.165) is 31.3 Å². The Morgan fingerprint density at radius 2 is 1.91 bits per heavy atom. The molecule has 1 heterocycles. The van der Waals surface area contributed by atoms with E-state index in [0.29, 0.717) is 19.3 Å². The molecule has 0 radical (unpaired) electrons. The lowest BCUT2D eigenvalue weighted by Gasteiger charge is -2.31. The average Bonchev–Trinajstić information content (AvgIpc) is 2.51. The molecule has 1 aliphatic heterocycles. The van der Waals surface area contributed by atoms with Gasteiger partial charge in [0.15, 0.2) is 0 Å². The number of carbonyl (C=O) groups is 2. The van der Waals surface area contributed by atoms with Crippen LogP contribution in [0, 0.1) is 0 Å². The van der Waals surface area contributed by atoms with Gasteiger partial charge in [-0.2, -0.15) is 0 Å². The van der Waals surface area contributed by atoms with Gasteiger partial charge >= 0.3 is 5.97 Å². The van der Waals surface area contributed by atoms with Crippen LogP contribution in [-0.4, -0.2) is 31.1 Å². The average molecular weight is 310 g/mol. The van der Waals surface area contributed by atoms with Crippen molar-refractivity contribution in [2.75, 3.05) is 7.11 Å². The third-order valence-corrected chi connectivity index (χ3v) is 4.11. The lowest BCUT2D eigenvalue weighted by molar-refractivity contribution is -0.135. The van der Waals surface area contributed by atoms with Crippen LogP contribution in [0.1, 0.15) is 71.6 Å². The van der Waals surface area contributed by atoms with E-state index in [-0.39, 0.29) is 24.0 Å². The fourth-order valence-corrected chi connectivity index (χ4v) is 2.85. The Morgan fingerprint density at radius 3 is 2.55 bits per heavy atom. The first kappa shape index (κ1) is 18.9. The summed E-state index contributed by atoms with van der Waals surface area (Å²) in [5.74, 6) is -0.0494. The van der Waals surface area contributed by atoms with E-state index in [1.165, 1.54) is 20.0 Å². The second kappa shape index (κ2) is 10.5. The van der Waals surface area contributed by atoms with Gasteiger partial charge in [-0.1, -0.05) is 38.7 Å². The van der Waals surface area contributed by atoms with Crippen molar-refractivity contribution in [3.63, 3.8) is 0 Å². The fraction of sp³-hybridized carbons (Fsp3) is 0.778. The van der Waals surface area contributed by atoms with Crippen LogP contribution in [-0.2, 0) is 19.1 Å². The maximum absolute atomic E-state index is 12.1. The zero-order chi connectivity index (χ0) is 16.4. The van der Waals surface area contributed by atoms with Crippen LogP contribution >= 0.6 is 0 Å². The zero-order valence-corrected chi connectivity index (χ0v) is 14.2. The summed E-state index contributed by atoms with van der Waals surface area (Å²) in [6.45, 7) is 4.23. The molecule has 1 rings (SSSR count). The van der Waals surface area contributed by atoms with Gasteiger partial charge in [-0.3, -0.25) is 4.79 Å². The number of hydrogen-bond acceptors (Lipinski definition) is 4. The number of unbranched alkanes of at least 4 members (excludes halogenated alkanes) is 3. The highest BCUT2D eigenvalue weighted by Gasteiger charge is 2.26. The van der Waals surface area contributed by atoms with E-state index < -0.39 is 0 Å². The number of methoxy groups -OCH3 is 1. The summed E-state index contributed by atoms with van der Waals surface area (Å²) < 4.78 is 10.7. The number of esters is 1. The minimum atomic E-state index is -0.323. The second-order valence-electron chi connectivity index (χ2n) is 6.08. The quantitative estimate of drug-likeness (QED) is 0.367. The van der Waals surface area contributed by atoms with E-state index in [4.69, 9.17) is 9.47 Å². The molecule has 4 heteroatoms. The molecular formula is C18H30O4. The molecule has 4 nitrogen and oxygen atoms in total. The molecule has 0 aromatic carbocycles. The smallest absolute Gasteiger partial charge is 0.330 e. The van der Waals surface area contributed by atoms with Gasteiger partial charge in [-0.05, 0) is 25.7 Å². The summed E-state index contributed by atoms with van der Waals surface area (Å²) in [6, 6.07) is 0. The van der Waals surface area contributed by atoms with Crippen molar-refractivity contribution in [3.05, 3.63) is 11.6 Å². The van der Waals surface area contributed by atoms with Crippen molar-refractivity contribution >= 4 is 11.8 Å².